The first-order valence-electron chi connectivity index (χ1n) is 8.32. The van der Waals surface area contributed by atoms with Gasteiger partial charge in [0, 0.05) is 17.7 Å². The third kappa shape index (κ3) is 4.59. The van der Waals surface area contributed by atoms with Gasteiger partial charge in [0.05, 0.1) is 27.4 Å². The second-order valence-electron chi connectivity index (χ2n) is 5.87. The molecule has 2 aromatic rings. The number of benzene rings is 2. The van der Waals surface area contributed by atoms with Crippen molar-refractivity contribution in [2.24, 2.45) is 0 Å². The van der Waals surface area contributed by atoms with Gasteiger partial charge in [-0.15, -0.1) is 0 Å². The maximum Gasteiger partial charge on any atom is 0.251 e. The van der Waals surface area contributed by atoms with Gasteiger partial charge in [0.2, 0.25) is 5.75 Å². The van der Waals surface area contributed by atoms with E-state index in [0.29, 0.717) is 29.4 Å². The summed E-state index contributed by atoms with van der Waals surface area (Å²) in [5.74, 6) is 2.15. The molecule has 0 aliphatic heterocycles. The minimum Gasteiger partial charge on any atom is -0.493 e. The fourth-order valence-electron chi connectivity index (χ4n) is 2.54. The molecule has 1 N–H and O–H groups in total. The fraction of sp³-hybridized carbons (Fsp3) is 0.350. The van der Waals surface area contributed by atoms with E-state index in [1.54, 1.807) is 51.7 Å². The van der Waals surface area contributed by atoms with Crippen molar-refractivity contribution < 1.29 is 23.7 Å². The van der Waals surface area contributed by atoms with E-state index in [0.717, 1.165) is 11.3 Å². The average molecular weight is 359 g/mol. The van der Waals surface area contributed by atoms with Crippen molar-refractivity contribution in [2.75, 3.05) is 21.3 Å². The Morgan fingerprint density at radius 3 is 2.12 bits per heavy atom. The lowest BCUT2D eigenvalue weighted by Crippen LogP contribution is -2.23. The molecule has 0 fully saturated rings. The van der Waals surface area contributed by atoms with Crippen molar-refractivity contribution in [1.82, 2.24) is 5.32 Å². The van der Waals surface area contributed by atoms with Gasteiger partial charge >= 0.3 is 0 Å². The van der Waals surface area contributed by atoms with Crippen LogP contribution in [0.3, 0.4) is 0 Å². The van der Waals surface area contributed by atoms with Crippen LogP contribution in [0.25, 0.3) is 0 Å². The molecule has 6 nitrogen and oxygen atoms in total. The van der Waals surface area contributed by atoms with Crippen LogP contribution in [0.5, 0.6) is 23.0 Å². The molecular weight excluding hydrogens is 334 g/mol. The highest BCUT2D eigenvalue weighted by atomic mass is 16.5. The van der Waals surface area contributed by atoms with Gasteiger partial charge in [-0.1, -0.05) is 0 Å². The van der Waals surface area contributed by atoms with Crippen molar-refractivity contribution >= 4 is 5.91 Å². The number of ether oxygens (including phenoxy) is 4. The van der Waals surface area contributed by atoms with E-state index in [4.69, 9.17) is 18.9 Å². The summed E-state index contributed by atoms with van der Waals surface area (Å²) >= 11 is 0. The molecule has 0 radical (unpaired) electrons. The Hall–Kier alpha value is -2.89. The second kappa shape index (κ2) is 8.99. The Balaban J connectivity index is 2.09. The van der Waals surface area contributed by atoms with Crippen molar-refractivity contribution in [3.63, 3.8) is 0 Å². The monoisotopic (exact) mass is 359 g/mol. The summed E-state index contributed by atoms with van der Waals surface area (Å²) in [6, 6.07) is 10.6. The number of amides is 1. The molecule has 0 saturated carbocycles. The Bertz CT molecular complexity index is 741. The van der Waals surface area contributed by atoms with E-state index in [2.05, 4.69) is 5.32 Å². The molecule has 140 valence electrons. The number of nitrogens with one attached hydrogen (secondary N) is 1. The van der Waals surface area contributed by atoms with Gasteiger partial charge in [-0.2, -0.15) is 0 Å². The fourth-order valence-corrected chi connectivity index (χ4v) is 2.54. The van der Waals surface area contributed by atoms with E-state index in [-0.39, 0.29) is 12.0 Å². The summed E-state index contributed by atoms with van der Waals surface area (Å²) in [6.07, 6.45) is 0.0900. The molecule has 0 unspecified atom stereocenters. The van der Waals surface area contributed by atoms with Gasteiger partial charge in [-0.05, 0) is 50.2 Å². The Morgan fingerprint density at radius 1 is 0.923 bits per heavy atom. The van der Waals surface area contributed by atoms with Gasteiger partial charge in [-0.3, -0.25) is 4.79 Å². The molecule has 0 aromatic heterocycles. The summed E-state index contributed by atoms with van der Waals surface area (Å²) in [6.45, 7) is 4.21. The van der Waals surface area contributed by atoms with E-state index in [1.807, 2.05) is 19.9 Å². The highest BCUT2D eigenvalue weighted by Gasteiger charge is 2.16. The quantitative estimate of drug-likeness (QED) is 0.782. The van der Waals surface area contributed by atoms with Crippen LogP contribution in [0, 0.1) is 0 Å². The van der Waals surface area contributed by atoms with E-state index in [9.17, 15) is 4.79 Å². The van der Waals surface area contributed by atoms with Gasteiger partial charge in [-0.25, -0.2) is 0 Å². The molecule has 6 heteroatoms. The first-order valence-corrected chi connectivity index (χ1v) is 8.32. The molecule has 26 heavy (non-hydrogen) atoms. The molecular formula is C20H25NO5. The Kier molecular flexibility index (Phi) is 6.72. The molecule has 0 saturated heterocycles. The van der Waals surface area contributed by atoms with E-state index < -0.39 is 0 Å². The van der Waals surface area contributed by atoms with Crippen molar-refractivity contribution in [2.45, 2.75) is 26.5 Å². The van der Waals surface area contributed by atoms with Crippen molar-refractivity contribution in [3.05, 3.63) is 47.5 Å². The van der Waals surface area contributed by atoms with Crippen LogP contribution in [0.15, 0.2) is 36.4 Å². The molecule has 2 aromatic carbocycles. The summed E-state index contributed by atoms with van der Waals surface area (Å²) in [5.41, 5.74) is 1.35. The molecule has 0 aliphatic carbocycles. The normalized spacial score (nSPS) is 10.4. The molecule has 0 spiro atoms. The maximum absolute atomic E-state index is 12.4. The molecule has 0 aliphatic rings. The second-order valence-corrected chi connectivity index (χ2v) is 5.87. The Morgan fingerprint density at radius 2 is 1.58 bits per heavy atom. The van der Waals surface area contributed by atoms with Crippen LogP contribution in [-0.2, 0) is 6.54 Å². The van der Waals surface area contributed by atoms with Crippen molar-refractivity contribution in [3.8, 4) is 23.0 Å². The first kappa shape index (κ1) is 19.4. The summed E-state index contributed by atoms with van der Waals surface area (Å²) < 4.78 is 21.6. The number of methoxy groups -OCH3 is 3. The van der Waals surface area contributed by atoms with Crippen LogP contribution >= 0.6 is 0 Å². The zero-order valence-corrected chi connectivity index (χ0v) is 15.8. The smallest absolute Gasteiger partial charge is 0.251 e. The maximum atomic E-state index is 12.4. The van der Waals surface area contributed by atoms with E-state index >= 15 is 0 Å². The van der Waals surface area contributed by atoms with Crippen LogP contribution in [-0.4, -0.2) is 33.3 Å². The minimum absolute atomic E-state index is 0.0900. The SMILES string of the molecule is COc1ccc(CNC(=O)c2ccc(OC(C)C)cc2)c(OC)c1OC. The Labute approximate surface area is 154 Å². The molecule has 0 heterocycles. The third-order valence-electron chi connectivity index (χ3n) is 3.71. The zero-order valence-electron chi connectivity index (χ0n) is 15.8. The number of carbonyl (C=O) groups excluding carboxylic acids is 1. The summed E-state index contributed by atoms with van der Waals surface area (Å²) in [7, 11) is 4.66. The van der Waals surface area contributed by atoms with E-state index in [1.165, 1.54) is 0 Å². The molecule has 0 atom stereocenters. The van der Waals surface area contributed by atoms with Gasteiger partial charge in [0.1, 0.15) is 5.75 Å². The summed E-state index contributed by atoms with van der Waals surface area (Å²) in [4.78, 5) is 12.4. The topological polar surface area (TPSA) is 66.0 Å². The van der Waals surface area contributed by atoms with Crippen LogP contribution in [0.2, 0.25) is 0 Å². The van der Waals surface area contributed by atoms with Gasteiger partial charge in [0.15, 0.2) is 11.5 Å². The predicted octanol–water partition coefficient (Wildman–Crippen LogP) is 3.43. The number of hydrogen-bond acceptors (Lipinski definition) is 5. The van der Waals surface area contributed by atoms with Crippen LogP contribution < -0.4 is 24.3 Å². The number of carbonyl (C=O) groups is 1. The highest BCUT2D eigenvalue weighted by Crippen LogP contribution is 2.39. The number of rotatable bonds is 8. The lowest BCUT2D eigenvalue weighted by Gasteiger charge is -2.16. The minimum atomic E-state index is -0.182. The summed E-state index contributed by atoms with van der Waals surface area (Å²) in [5, 5.41) is 2.88. The molecule has 1 amide bonds. The standard InChI is InChI=1S/C20H25NO5/c1-13(2)26-16-9-6-14(7-10-16)20(22)21-12-15-8-11-17(23-3)19(25-5)18(15)24-4/h6-11,13H,12H2,1-5H3,(H,21,22). The zero-order chi connectivity index (χ0) is 19.1. The lowest BCUT2D eigenvalue weighted by molar-refractivity contribution is 0.0950. The largest absolute Gasteiger partial charge is 0.493 e. The first-order chi connectivity index (χ1) is 12.5. The highest BCUT2D eigenvalue weighted by molar-refractivity contribution is 5.94. The molecule has 2 rings (SSSR count). The van der Waals surface area contributed by atoms with Crippen LogP contribution in [0.1, 0.15) is 29.8 Å². The van der Waals surface area contributed by atoms with Crippen LogP contribution in [0.4, 0.5) is 0 Å². The molecule has 0 bridgehead atoms. The van der Waals surface area contributed by atoms with Gasteiger partial charge < -0.3 is 24.3 Å². The van der Waals surface area contributed by atoms with Gasteiger partial charge in [0.25, 0.3) is 5.91 Å². The lowest BCUT2D eigenvalue weighted by atomic mass is 10.1. The van der Waals surface area contributed by atoms with Crippen molar-refractivity contribution in [1.29, 1.82) is 0 Å². The third-order valence-corrected chi connectivity index (χ3v) is 3.71. The predicted molar refractivity (Wildman–Crippen MR) is 99.5 cm³/mol. The average Bonchev–Trinajstić information content (AvgIpc) is 2.65. The number of hydrogen-bond donors (Lipinski definition) is 1.